The molecule has 3 aromatic rings. The van der Waals surface area contributed by atoms with Gasteiger partial charge >= 0.3 is 0 Å². The van der Waals surface area contributed by atoms with Crippen LogP contribution in [-0.4, -0.2) is 0 Å². The summed E-state index contributed by atoms with van der Waals surface area (Å²) >= 11 is 0. The van der Waals surface area contributed by atoms with Crippen LogP contribution in [0.4, 0.5) is 0 Å². The number of rotatable bonds is 0. The smallest absolute Gasteiger partial charge is 0.000728 e. The summed E-state index contributed by atoms with van der Waals surface area (Å²) < 4.78 is 0. The van der Waals surface area contributed by atoms with E-state index < -0.39 is 0 Å². The van der Waals surface area contributed by atoms with Crippen molar-refractivity contribution in [3.63, 3.8) is 0 Å². The number of fused-ring (bicyclic) bond motifs is 5. The molecule has 0 heteroatoms. The molecule has 17 heavy (non-hydrogen) atoms. The second-order valence-electron chi connectivity index (χ2n) is 4.56. The molecule has 0 fully saturated rings. The minimum atomic E-state index is 1.06. The molecule has 0 spiro atoms. The molecule has 0 heterocycles. The van der Waals surface area contributed by atoms with E-state index >= 15 is 0 Å². The van der Waals surface area contributed by atoms with Crippen molar-refractivity contribution in [1.82, 2.24) is 0 Å². The maximum Gasteiger partial charge on any atom is -0.000728 e. The van der Waals surface area contributed by atoms with Crippen LogP contribution in [0.2, 0.25) is 0 Å². The van der Waals surface area contributed by atoms with Crippen LogP contribution in [0.5, 0.6) is 0 Å². The van der Waals surface area contributed by atoms with Crippen molar-refractivity contribution in [2.45, 2.75) is 6.42 Å². The number of hydrogen-bond acceptors (Lipinski definition) is 0. The Morgan fingerprint density at radius 3 is 2.76 bits per heavy atom. The van der Waals surface area contributed by atoms with Gasteiger partial charge in [0.1, 0.15) is 0 Å². The molecule has 0 aliphatic heterocycles. The predicted octanol–water partition coefficient (Wildman–Crippen LogP) is 4.21. The summed E-state index contributed by atoms with van der Waals surface area (Å²) in [6.45, 7) is 0. The van der Waals surface area contributed by atoms with E-state index in [1.807, 2.05) is 6.07 Å². The lowest BCUT2D eigenvalue weighted by Gasteiger charge is -2.04. The molecule has 1 aliphatic rings. The van der Waals surface area contributed by atoms with E-state index in [1.54, 1.807) is 0 Å². The Bertz CT molecular complexity index is 723. The molecule has 1 radical (unpaired) electrons. The Labute approximate surface area is 101 Å². The van der Waals surface area contributed by atoms with Gasteiger partial charge in [-0.3, -0.25) is 0 Å². The van der Waals surface area contributed by atoms with Gasteiger partial charge in [0.05, 0.1) is 0 Å². The highest BCUT2D eigenvalue weighted by atomic mass is 14.2. The van der Waals surface area contributed by atoms with E-state index in [2.05, 4.69) is 54.6 Å². The van der Waals surface area contributed by atoms with Crippen LogP contribution in [0.1, 0.15) is 11.1 Å². The first-order valence-electron chi connectivity index (χ1n) is 5.94. The fourth-order valence-electron chi connectivity index (χ4n) is 2.83. The standard InChI is InChI=1S/C17H11/c1-3-7-14-12(5-1)9-10-16-15-8-4-2-6-13(15)11-17(14)16/h1-4,6-10H,11H2. The first kappa shape index (κ1) is 9.00. The number of benzene rings is 3. The lowest BCUT2D eigenvalue weighted by Crippen LogP contribution is -1.83. The van der Waals surface area contributed by atoms with Crippen LogP contribution in [0.3, 0.4) is 0 Å². The number of hydrogen-bond donors (Lipinski definition) is 0. The molecule has 0 amide bonds. The van der Waals surface area contributed by atoms with Gasteiger partial charge < -0.3 is 0 Å². The van der Waals surface area contributed by atoms with E-state index in [0.29, 0.717) is 0 Å². The van der Waals surface area contributed by atoms with Gasteiger partial charge in [-0.25, -0.2) is 0 Å². The van der Waals surface area contributed by atoms with Crippen molar-refractivity contribution < 1.29 is 0 Å². The molecule has 0 bridgehead atoms. The SMILES string of the molecule is [c]1cccc2c3c(ccc12)-c1ccccc1C3. The van der Waals surface area contributed by atoms with Crippen molar-refractivity contribution in [3.8, 4) is 11.1 Å². The van der Waals surface area contributed by atoms with E-state index in [4.69, 9.17) is 0 Å². The van der Waals surface area contributed by atoms with Crippen molar-refractivity contribution in [2.24, 2.45) is 0 Å². The van der Waals surface area contributed by atoms with Crippen LogP contribution < -0.4 is 0 Å². The Balaban J connectivity index is 2.11. The highest BCUT2D eigenvalue weighted by molar-refractivity contribution is 5.94. The van der Waals surface area contributed by atoms with Crippen LogP contribution in [0.15, 0.2) is 54.6 Å². The van der Waals surface area contributed by atoms with Gasteiger partial charge in [-0.2, -0.15) is 0 Å². The molecule has 3 aromatic carbocycles. The van der Waals surface area contributed by atoms with Gasteiger partial charge in [-0.15, -0.1) is 0 Å². The molecule has 0 saturated carbocycles. The minimum absolute atomic E-state index is 1.06. The van der Waals surface area contributed by atoms with Gasteiger partial charge in [0.2, 0.25) is 0 Å². The summed E-state index contributed by atoms with van der Waals surface area (Å²) in [5.41, 5.74) is 5.69. The maximum absolute atomic E-state index is 3.31. The Morgan fingerprint density at radius 2 is 1.76 bits per heavy atom. The molecule has 79 valence electrons. The van der Waals surface area contributed by atoms with Crippen LogP contribution in [0, 0.1) is 6.07 Å². The summed E-state index contributed by atoms with van der Waals surface area (Å²) in [5, 5.41) is 2.57. The quantitative estimate of drug-likeness (QED) is 0.412. The normalized spacial score (nSPS) is 12.5. The van der Waals surface area contributed by atoms with Crippen LogP contribution >= 0.6 is 0 Å². The highest BCUT2D eigenvalue weighted by Crippen LogP contribution is 2.39. The molecular weight excluding hydrogens is 204 g/mol. The molecule has 1 aliphatic carbocycles. The first-order valence-corrected chi connectivity index (χ1v) is 5.94. The average Bonchev–Trinajstić information content (AvgIpc) is 2.78. The van der Waals surface area contributed by atoms with E-state index in [1.165, 1.54) is 33.0 Å². The van der Waals surface area contributed by atoms with Crippen LogP contribution in [0.25, 0.3) is 21.9 Å². The molecule has 0 atom stereocenters. The van der Waals surface area contributed by atoms with Gasteiger partial charge in [0, 0.05) is 0 Å². The molecule has 0 aromatic heterocycles. The molecule has 0 saturated heterocycles. The fraction of sp³-hybridized carbons (Fsp3) is 0.0588. The molecule has 0 unspecified atom stereocenters. The van der Waals surface area contributed by atoms with Crippen molar-refractivity contribution in [2.75, 3.05) is 0 Å². The largest absolute Gasteiger partial charge is 0.0619 e. The third-order valence-corrected chi connectivity index (χ3v) is 3.63. The summed E-state index contributed by atoms with van der Waals surface area (Å²) in [7, 11) is 0. The average molecular weight is 215 g/mol. The third-order valence-electron chi connectivity index (χ3n) is 3.63. The molecule has 4 rings (SSSR count). The zero-order valence-corrected chi connectivity index (χ0v) is 9.40. The van der Waals surface area contributed by atoms with Gasteiger partial charge in [0.15, 0.2) is 0 Å². The van der Waals surface area contributed by atoms with Crippen molar-refractivity contribution >= 4 is 10.8 Å². The summed E-state index contributed by atoms with van der Waals surface area (Å²) in [5.74, 6) is 0. The Kier molecular flexibility index (Phi) is 1.70. The summed E-state index contributed by atoms with van der Waals surface area (Å²) in [4.78, 5) is 0. The highest BCUT2D eigenvalue weighted by Gasteiger charge is 2.19. The van der Waals surface area contributed by atoms with Crippen molar-refractivity contribution in [3.05, 3.63) is 71.8 Å². The zero-order chi connectivity index (χ0) is 11.2. The van der Waals surface area contributed by atoms with E-state index in [-0.39, 0.29) is 0 Å². The van der Waals surface area contributed by atoms with Gasteiger partial charge in [0.25, 0.3) is 0 Å². The second kappa shape index (κ2) is 3.21. The summed E-state index contributed by atoms with van der Waals surface area (Å²) in [6, 6.07) is 22.7. The predicted molar refractivity (Wildman–Crippen MR) is 71.0 cm³/mol. The fourth-order valence-corrected chi connectivity index (χ4v) is 2.83. The van der Waals surface area contributed by atoms with Crippen LogP contribution in [-0.2, 0) is 6.42 Å². The Hall–Kier alpha value is -2.08. The second-order valence-corrected chi connectivity index (χ2v) is 4.56. The van der Waals surface area contributed by atoms with Gasteiger partial charge in [-0.05, 0) is 45.5 Å². The van der Waals surface area contributed by atoms with Gasteiger partial charge in [-0.1, -0.05) is 54.6 Å². The third kappa shape index (κ3) is 1.18. The van der Waals surface area contributed by atoms with E-state index in [9.17, 15) is 0 Å². The topological polar surface area (TPSA) is 0 Å². The molecule has 0 nitrogen and oxygen atoms in total. The summed E-state index contributed by atoms with van der Waals surface area (Å²) in [6.07, 6.45) is 1.06. The zero-order valence-electron chi connectivity index (χ0n) is 9.40. The lowest BCUT2D eigenvalue weighted by atomic mass is 9.99. The minimum Gasteiger partial charge on any atom is -0.0619 e. The molecule has 0 N–H and O–H groups in total. The molecular formula is C17H11. The lowest BCUT2D eigenvalue weighted by molar-refractivity contribution is 1.28. The maximum atomic E-state index is 3.31. The monoisotopic (exact) mass is 215 g/mol. The van der Waals surface area contributed by atoms with E-state index in [0.717, 1.165) is 6.42 Å². The first-order chi connectivity index (χ1) is 8.43. The van der Waals surface area contributed by atoms with Crippen molar-refractivity contribution in [1.29, 1.82) is 0 Å². The Morgan fingerprint density at radius 1 is 0.824 bits per heavy atom.